The zero-order valence-electron chi connectivity index (χ0n) is 6.72. The average Bonchev–Trinajstić information content (AvgIpc) is 1.90. The lowest BCUT2D eigenvalue weighted by Crippen LogP contribution is -2.06. The lowest BCUT2D eigenvalue weighted by molar-refractivity contribution is -0.0364. The zero-order chi connectivity index (χ0) is 7.82. The standard InChI is InChI=1S/C8H15O2/c1-4-7-8(9-5-2)10-6-3/h4H,1,5-7H2,2-3H3. The van der Waals surface area contributed by atoms with E-state index in [1.165, 1.54) is 0 Å². The maximum atomic E-state index is 5.15. The van der Waals surface area contributed by atoms with Crippen LogP contribution in [0.15, 0.2) is 12.7 Å². The molecule has 0 aliphatic heterocycles. The van der Waals surface area contributed by atoms with E-state index in [-0.39, 0.29) is 0 Å². The highest BCUT2D eigenvalue weighted by atomic mass is 16.7. The van der Waals surface area contributed by atoms with E-state index in [2.05, 4.69) is 6.58 Å². The van der Waals surface area contributed by atoms with Crippen molar-refractivity contribution in [3.8, 4) is 0 Å². The molecule has 0 aliphatic rings. The largest absolute Gasteiger partial charge is 0.345 e. The molecule has 0 aromatic carbocycles. The first-order chi connectivity index (χ1) is 4.85. The van der Waals surface area contributed by atoms with Gasteiger partial charge in [0, 0.05) is 19.6 Å². The van der Waals surface area contributed by atoms with Crippen LogP contribution in [0.3, 0.4) is 0 Å². The predicted molar refractivity (Wildman–Crippen MR) is 41.3 cm³/mol. The molecule has 0 aromatic heterocycles. The topological polar surface area (TPSA) is 18.5 Å². The summed E-state index contributed by atoms with van der Waals surface area (Å²) in [6.45, 7) is 8.76. The molecule has 0 fully saturated rings. The number of rotatable bonds is 6. The minimum absolute atomic E-state index is 0.656. The van der Waals surface area contributed by atoms with Gasteiger partial charge in [0.05, 0.1) is 0 Å². The van der Waals surface area contributed by atoms with Crippen LogP contribution in [0.2, 0.25) is 0 Å². The van der Waals surface area contributed by atoms with Crippen LogP contribution in [0.25, 0.3) is 0 Å². The van der Waals surface area contributed by atoms with Crippen molar-refractivity contribution in [2.75, 3.05) is 13.2 Å². The molecule has 2 heteroatoms. The Kier molecular flexibility index (Phi) is 6.55. The maximum Gasteiger partial charge on any atom is 0.227 e. The summed E-state index contributed by atoms with van der Waals surface area (Å²) in [6, 6.07) is 0. The smallest absolute Gasteiger partial charge is 0.227 e. The second-order valence-electron chi connectivity index (χ2n) is 1.73. The van der Waals surface area contributed by atoms with Crippen LogP contribution in [0.5, 0.6) is 0 Å². The molecule has 0 atom stereocenters. The molecule has 0 rings (SSSR count). The van der Waals surface area contributed by atoms with E-state index in [0.717, 1.165) is 0 Å². The van der Waals surface area contributed by atoms with Crippen molar-refractivity contribution >= 4 is 0 Å². The van der Waals surface area contributed by atoms with Crippen molar-refractivity contribution < 1.29 is 9.47 Å². The van der Waals surface area contributed by atoms with E-state index in [1.807, 2.05) is 13.8 Å². The highest BCUT2D eigenvalue weighted by Gasteiger charge is 2.05. The van der Waals surface area contributed by atoms with Crippen LogP contribution < -0.4 is 0 Å². The molecule has 0 unspecified atom stereocenters. The van der Waals surface area contributed by atoms with Gasteiger partial charge in [-0.1, -0.05) is 6.08 Å². The molecule has 0 heterocycles. The fraction of sp³-hybridized carbons (Fsp3) is 0.625. The minimum Gasteiger partial charge on any atom is -0.345 e. The molecule has 0 aromatic rings. The SMILES string of the molecule is C=CC[C](OCC)OCC. The van der Waals surface area contributed by atoms with Gasteiger partial charge in [0.25, 0.3) is 0 Å². The van der Waals surface area contributed by atoms with Gasteiger partial charge in [-0.05, 0) is 13.8 Å². The Morgan fingerprint density at radius 3 is 2.10 bits per heavy atom. The Morgan fingerprint density at radius 1 is 1.30 bits per heavy atom. The molecule has 0 spiro atoms. The Morgan fingerprint density at radius 2 is 1.80 bits per heavy atom. The molecule has 59 valence electrons. The van der Waals surface area contributed by atoms with Gasteiger partial charge < -0.3 is 9.47 Å². The molecule has 0 saturated carbocycles. The van der Waals surface area contributed by atoms with Gasteiger partial charge in [0.15, 0.2) is 0 Å². The molecule has 0 saturated heterocycles. The van der Waals surface area contributed by atoms with Crippen molar-refractivity contribution in [3.63, 3.8) is 0 Å². The van der Waals surface area contributed by atoms with Crippen LogP contribution in [0.1, 0.15) is 20.3 Å². The first-order valence-corrected chi connectivity index (χ1v) is 3.57. The van der Waals surface area contributed by atoms with Crippen molar-refractivity contribution in [1.29, 1.82) is 0 Å². The summed E-state index contributed by atoms with van der Waals surface area (Å²) in [6.07, 6.45) is 3.11. The lowest BCUT2D eigenvalue weighted by Gasteiger charge is -2.11. The second kappa shape index (κ2) is 6.78. The molecular formula is C8H15O2. The van der Waals surface area contributed by atoms with Gasteiger partial charge in [-0.25, -0.2) is 0 Å². The Bertz CT molecular complexity index is 75.3. The lowest BCUT2D eigenvalue weighted by atomic mass is 10.4. The number of hydrogen-bond acceptors (Lipinski definition) is 2. The number of hydrogen-bond donors (Lipinski definition) is 0. The monoisotopic (exact) mass is 143 g/mol. The first-order valence-electron chi connectivity index (χ1n) is 3.57. The minimum atomic E-state index is 0.656. The normalized spacial score (nSPS) is 10.3. The van der Waals surface area contributed by atoms with Gasteiger partial charge in [-0.3, -0.25) is 0 Å². The molecule has 0 bridgehead atoms. The number of ether oxygens (including phenoxy) is 2. The second-order valence-corrected chi connectivity index (χ2v) is 1.73. The molecule has 0 aliphatic carbocycles. The van der Waals surface area contributed by atoms with Gasteiger partial charge in [0.2, 0.25) is 6.29 Å². The van der Waals surface area contributed by atoms with Crippen molar-refractivity contribution in [3.05, 3.63) is 18.9 Å². The van der Waals surface area contributed by atoms with Gasteiger partial charge in [-0.15, -0.1) is 6.58 Å². The third kappa shape index (κ3) is 4.53. The van der Waals surface area contributed by atoms with Crippen molar-refractivity contribution in [1.82, 2.24) is 0 Å². The predicted octanol–water partition coefficient (Wildman–Crippen LogP) is 2.12. The summed E-state index contributed by atoms with van der Waals surface area (Å²) in [7, 11) is 0. The van der Waals surface area contributed by atoms with Crippen LogP contribution in [0, 0.1) is 6.29 Å². The fourth-order valence-electron chi connectivity index (χ4n) is 0.599. The molecule has 0 amide bonds. The highest BCUT2D eigenvalue weighted by Crippen LogP contribution is 2.09. The Balaban J connectivity index is 3.38. The fourth-order valence-corrected chi connectivity index (χ4v) is 0.599. The zero-order valence-corrected chi connectivity index (χ0v) is 6.72. The highest BCUT2D eigenvalue weighted by molar-refractivity contribution is 4.78. The summed E-state index contributed by atoms with van der Waals surface area (Å²) in [5.74, 6) is 0. The maximum absolute atomic E-state index is 5.15. The molecular weight excluding hydrogens is 128 g/mol. The summed E-state index contributed by atoms with van der Waals surface area (Å²) >= 11 is 0. The molecule has 10 heavy (non-hydrogen) atoms. The Labute approximate surface area is 62.8 Å². The first kappa shape index (κ1) is 9.66. The van der Waals surface area contributed by atoms with Crippen molar-refractivity contribution in [2.24, 2.45) is 0 Å². The summed E-state index contributed by atoms with van der Waals surface area (Å²) < 4.78 is 10.3. The summed E-state index contributed by atoms with van der Waals surface area (Å²) in [5.41, 5.74) is 0. The summed E-state index contributed by atoms with van der Waals surface area (Å²) in [4.78, 5) is 0. The van der Waals surface area contributed by atoms with E-state index in [0.29, 0.717) is 25.9 Å². The third-order valence-corrected chi connectivity index (χ3v) is 0.922. The van der Waals surface area contributed by atoms with E-state index < -0.39 is 0 Å². The van der Waals surface area contributed by atoms with E-state index in [4.69, 9.17) is 9.47 Å². The van der Waals surface area contributed by atoms with E-state index in [9.17, 15) is 0 Å². The van der Waals surface area contributed by atoms with Crippen molar-refractivity contribution in [2.45, 2.75) is 20.3 Å². The van der Waals surface area contributed by atoms with Crippen LogP contribution in [0.4, 0.5) is 0 Å². The van der Waals surface area contributed by atoms with Crippen LogP contribution >= 0.6 is 0 Å². The molecule has 0 N–H and O–H groups in total. The van der Waals surface area contributed by atoms with Crippen LogP contribution in [-0.4, -0.2) is 13.2 Å². The van der Waals surface area contributed by atoms with Crippen LogP contribution in [-0.2, 0) is 9.47 Å². The quantitative estimate of drug-likeness (QED) is 0.530. The summed E-state index contributed by atoms with van der Waals surface area (Å²) in [5, 5.41) is 0. The van der Waals surface area contributed by atoms with Gasteiger partial charge >= 0.3 is 0 Å². The molecule has 2 nitrogen and oxygen atoms in total. The van der Waals surface area contributed by atoms with Gasteiger partial charge in [0.1, 0.15) is 0 Å². The van der Waals surface area contributed by atoms with E-state index >= 15 is 0 Å². The molecule has 1 radical (unpaired) electrons. The Hall–Kier alpha value is -0.340. The third-order valence-electron chi connectivity index (χ3n) is 0.922. The average molecular weight is 143 g/mol. The van der Waals surface area contributed by atoms with Gasteiger partial charge in [-0.2, -0.15) is 0 Å². The van der Waals surface area contributed by atoms with E-state index in [1.54, 1.807) is 6.08 Å².